The van der Waals surface area contributed by atoms with Crippen LogP contribution in [0.15, 0.2) is 41.2 Å². The lowest BCUT2D eigenvalue weighted by molar-refractivity contribution is -0.116. The molecule has 0 spiro atoms. The molecule has 6 heteroatoms. The quantitative estimate of drug-likeness (QED) is 0.885. The maximum Gasteiger partial charge on any atom is 0.250 e. The van der Waals surface area contributed by atoms with E-state index in [1.165, 1.54) is 13.0 Å². The van der Waals surface area contributed by atoms with Crippen LogP contribution in [0.5, 0.6) is 0 Å². The summed E-state index contributed by atoms with van der Waals surface area (Å²) in [4.78, 5) is 35.3. The molecule has 126 valence electrons. The van der Waals surface area contributed by atoms with E-state index < -0.39 is 0 Å². The number of anilines is 2. The van der Waals surface area contributed by atoms with Crippen molar-refractivity contribution in [3.63, 3.8) is 0 Å². The molecule has 2 N–H and O–H groups in total. The number of carbonyl (C=O) groups is 2. The summed E-state index contributed by atoms with van der Waals surface area (Å²) in [5.41, 5.74) is 2.75. The van der Waals surface area contributed by atoms with Gasteiger partial charge in [0.05, 0.1) is 11.4 Å². The van der Waals surface area contributed by atoms with Gasteiger partial charge in [-0.25, -0.2) is 0 Å². The summed E-state index contributed by atoms with van der Waals surface area (Å²) in [6, 6.07) is 10.4. The second-order valence-electron chi connectivity index (χ2n) is 5.69. The van der Waals surface area contributed by atoms with Crippen LogP contribution in [0.25, 0.3) is 0 Å². The van der Waals surface area contributed by atoms with Gasteiger partial charge < -0.3 is 15.2 Å². The van der Waals surface area contributed by atoms with Gasteiger partial charge in [-0.1, -0.05) is 12.1 Å². The van der Waals surface area contributed by atoms with Crippen LogP contribution in [0.1, 0.15) is 24.6 Å². The molecule has 24 heavy (non-hydrogen) atoms. The van der Waals surface area contributed by atoms with Crippen molar-refractivity contribution in [2.45, 2.75) is 33.7 Å². The van der Waals surface area contributed by atoms with Crippen LogP contribution < -0.4 is 16.2 Å². The topological polar surface area (TPSA) is 80.2 Å². The number of carbonyl (C=O) groups excluding carboxylic acids is 2. The number of benzene rings is 1. The number of nitrogens with one attached hydrogen (secondary N) is 2. The highest BCUT2D eigenvalue weighted by molar-refractivity contribution is 5.98. The van der Waals surface area contributed by atoms with Gasteiger partial charge in [-0.3, -0.25) is 14.4 Å². The Kier molecular flexibility index (Phi) is 5.52. The lowest BCUT2D eigenvalue weighted by atomic mass is 10.2. The Morgan fingerprint density at radius 3 is 2.46 bits per heavy atom. The molecule has 0 unspecified atom stereocenters. The van der Waals surface area contributed by atoms with Crippen molar-refractivity contribution in [2.75, 3.05) is 10.6 Å². The molecule has 0 saturated heterocycles. The van der Waals surface area contributed by atoms with Crippen molar-refractivity contribution in [3.8, 4) is 0 Å². The predicted molar refractivity (Wildman–Crippen MR) is 94.2 cm³/mol. The van der Waals surface area contributed by atoms with Gasteiger partial charge >= 0.3 is 0 Å². The van der Waals surface area contributed by atoms with Crippen molar-refractivity contribution in [3.05, 3.63) is 58.0 Å². The number of aryl methyl sites for hydroxylation is 2. The Morgan fingerprint density at radius 2 is 1.79 bits per heavy atom. The predicted octanol–water partition coefficient (Wildman–Crippen LogP) is 2.45. The molecule has 6 nitrogen and oxygen atoms in total. The fourth-order valence-corrected chi connectivity index (χ4v) is 2.40. The molecule has 0 saturated carbocycles. The number of pyridine rings is 1. The van der Waals surface area contributed by atoms with Gasteiger partial charge in [-0.2, -0.15) is 0 Å². The van der Waals surface area contributed by atoms with Crippen LogP contribution in [-0.4, -0.2) is 16.4 Å². The zero-order valence-electron chi connectivity index (χ0n) is 14.1. The van der Waals surface area contributed by atoms with Crippen LogP contribution in [0.4, 0.5) is 11.4 Å². The molecule has 0 radical (unpaired) electrons. The lowest BCUT2D eigenvalue weighted by Crippen LogP contribution is -2.24. The third kappa shape index (κ3) is 4.55. The molecule has 1 aromatic heterocycles. The lowest BCUT2D eigenvalue weighted by Gasteiger charge is -2.13. The summed E-state index contributed by atoms with van der Waals surface area (Å²) in [5.74, 6) is -0.428. The minimum Gasteiger partial charge on any atom is -0.325 e. The molecule has 0 atom stereocenters. The minimum atomic E-state index is -0.220. The smallest absolute Gasteiger partial charge is 0.250 e. The van der Waals surface area contributed by atoms with E-state index in [2.05, 4.69) is 10.6 Å². The molecule has 1 heterocycles. The average molecular weight is 327 g/mol. The van der Waals surface area contributed by atoms with Gasteiger partial charge in [-0.05, 0) is 37.6 Å². The Bertz CT molecular complexity index is 824. The largest absolute Gasteiger partial charge is 0.325 e. The van der Waals surface area contributed by atoms with E-state index in [4.69, 9.17) is 0 Å². The highest BCUT2D eigenvalue weighted by Gasteiger charge is 2.09. The molecular weight excluding hydrogens is 306 g/mol. The third-order valence-corrected chi connectivity index (χ3v) is 3.59. The highest BCUT2D eigenvalue weighted by Crippen LogP contribution is 2.23. The first kappa shape index (κ1) is 17.5. The van der Waals surface area contributed by atoms with Crippen molar-refractivity contribution in [2.24, 2.45) is 0 Å². The van der Waals surface area contributed by atoms with Crippen molar-refractivity contribution in [1.82, 2.24) is 4.57 Å². The van der Waals surface area contributed by atoms with Crippen LogP contribution in [0, 0.1) is 13.8 Å². The maximum atomic E-state index is 12.2. The Balaban J connectivity index is 2.08. The number of nitrogens with zero attached hydrogens (tertiary/aromatic N) is 1. The number of amides is 2. The zero-order chi connectivity index (χ0) is 17.7. The summed E-state index contributed by atoms with van der Waals surface area (Å²) >= 11 is 0. The van der Waals surface area contributed by atoms with E-state index in [9.17, 15) is 14.4 Å². The van der Waals surface area contributed by atoms with E-state index in [-0.39, 0.29) is 23.8 Å². The van der Waals surface area contributed by atoms with Gasteiger partial charge in [0.25, 0.3) is 5.56 Å². The average Bonchev–Trinajstić information content (AvgIpc) is 2.49. The van der Waals surface area contributed by atoms with Crippen molar-refractivity contribution >= 4 is 23.2 Å². The third-order valence-electron chi connectivity index (χ3n) is 3.59. The van der Waals surface area contributed by atoms with Crippen LogP contribution in [0.2, 0.25) is 0 Å². The van der Waals surface area contributed by atoms with Gasteiger partial charge in [-0.15, -0.1) is 0 Å². The summed E-state index contributed by atoms with van der Waals surface area (Å²) < 4.78 is 1.56. The molecule has 2 aromatic rings. The summed E-state index contributed by atoms with van der Waals surface area (Å²) in [7, 11) is 0. The van der Waals surface area contributed by atoms with Gasteiger partial charge in [0.2, 0.25) is 11.8 Å². The normalized spacial score (nSPS) is 10.3. The molecular formula is C18H21N3O3. The van der Waals surface area contributed by atoms with E-state index in [0.717, 1.165) is 11.3 Å². The molecule has 0 aliphatic carbocycles. The van der Waals surface area contributed by atoms with Gasteiger partial charge in [0, 0.05) is 31.6 Å². The highest BCUT2D eigenvalue weighted by atomic mass is 16.2. The van der Waals surface area contributed by atoms with E-state index >= 15 is 0 Å². The number of hydrogen-bond acceptors (Lipinski definition) is 3. The summed E-state index contributed by atoms with van der Waals surface area (Å²) in [6.07, 6.45) is 0.165. The Labute approximate surface area is 140 Å². The summed E-state index contributed by atoms with van der Waals surface area (Å²) in [6.45, 7) is 5.45. The standard InChI is InChI=1S/C18H21N3O3/c1-12-7-8-15(19-14(3)22)16(11-12)20-17(23)9-10-21-13(2)5-4-6-18(21)24/h4-8,11H,9-10H2,1-3H3,(H,19,22)(H,20,23). The van der Waals surface area contributed by atoms with Crippen LogP contribution in [0.3, 0.4) is 0 Å². The summed E-state index contributed by atoms with van der Waals surface area (Å²) in [5, 5.41) is 5.49. The molecule has 0 aliphatic heterocycles. The van der Waals surface area contributed by atoms with Crippen LogP contribution >= 0.6 is 0 Å². The van der Waals surface area contributed by atoms with E-state index in [0.29, 0.717) is 17.9 Å². The fourth-order valence-electron chi connectivity index (χ4n) is 2.40. The number of rotatable bonds is 5. The van der Waals surface area contributed by atoms with Crippen LogP contribution in [-0.2, 0) is 16.1 Å². The zero-order valence-corrected chi connectivity index (χ0v) is 14.1. The molecule has 0 fully saturated rings. The van der Waals surface area contributed by atoms with Gasteiger partial charge in [0.1, 0.15) is 0 Å². The molecule has 2 rings (SSSR count). The minimum absolute atomic E-state index is 0.128. The first-order valence-electron chi connectivity index (χ1n) is 7.71. The van der Waals surface area contributed by atoms with Gasteiger partial charge in [0.15, 0.2) is 0 Å². The second-order valence-corrected chi connectivity index (χ2v) is 5.69. The first-order valence-corrected chi connectivity index (χ1v) is 7.71. The Hall–Kier alpha value is -2.89. The first-order chi connectivity index (χ1) is 11.4. The molecule has 0 bridgehead atoms. The fraction of sp³-hybridized carbons (Fsp3) is 0.278. The molecule has 1 aromatic carbocycles. The van der Waals surface area contributed by atoms with E-state index in [1.54, 1.807) is 22.8 Å². The van der Waals surface area contributed by atoms with Crippen molar-refractivity contribution < 1.29 is 9.59 Å². The number of aromatic nitrogens is 1. The number of hydrogen-bond donors (Lipinski definition) is 2. The monoisotopic (exact) mass is 327 g/mol. The molecule has 0 aliphatic rings. The maximum absolute atomic E-state index is 12.2. The molecule has 2 amide bonds. The second kappa shape index (κ2) is 7.59. The SMILES string of the molecule is CC(=O)Nc1ccc(C)cc1NC(=O)CCn1c(C)cccc1=O. The Morgan fingerprint density at radius 1 is 1.04 bits per heavy atom. The van der Waals surface area contributed by atoms with E-state index in [1.807, 2.05) is 26.0 Å². The van der Waals surface area contributed by atoms with Crippen molar-refractivity contribution in [1.29, 1.82) is 0 Å².